The lowest BCUT2D eigenvalue weighted by atomic mass is 10.1. The highest BCUT2D eigenvalue weighted by molar-refractivity contribution is 5.48. The summed E-state index contributed by atoms with van der Waals surface area (Å²) < 4.78 is 0. The third-order valence-electron chi connectivity index (χ3n) is 5.63. The minimum absolute atomic E-state index is 1.10. The SMILES string of the molecule is CCCCCCCCCN(CC=Cc1ccccc1)CCCCCCCCC. The highest BCUT2D eigenvalue weighted by atomic mass is 15.1. The molecule has 0 saturated carbocycles. The molecule has 0 saturated heterocycles. The lowest BCUT2D eigenvalue weighted by Crippen LogP contribution is -2.26. The molecule has 0 unspecified atom stereocenters. The summed E-state index contributed by atoms with van der Waals surface area (Å²) in [5, 5.41) is 0. The molecule has 0 aliphatic heterocycles. The second kappa shape index (κ2) is 19.2. The third kappa shape index (κ3) is 14.9. The Kier molecular flexibility index (Phi) is 17.2. The third-order valence-corrected chi connectivity index (χ3v) is 5.63. The molecular formula is C27H47N. The first-order chi connectivity index (χ1) is 13.9. The van der Waals surface area contributed by atoms with Crippen LogP contribution >= 0.6 is 0 Å². The van der Waals surface area contributed by atoms with Gasteiger partial charge in [0.15, 0.2) is 0 Å². The number of nitrogens with zero attached hydrogens (tertiary/aromatic N) is 1. The van der Waals surface area contributed by atoms with Crippen molar-refractivity contribution in [2.75, 3.05) is 19.6 Å². The van der Waals surface area contributed by atoms with Gasteiger partial charge >= 0.3 is 0 Å². The van der Waals surface area contributed by atoms with Gasteiger partial charge in [-0.1, -0.05) is 133 Å². The monoisotopic (exact) mass is 385 g/mol. The zero-order chi connectivity index (χ0) is 20.1. The Morgan fingerprint density at radius 2 is 1.07 bits per heavy atom. The first kappa shape index (κ1) is 25.0. The van der Waals surface area contributed by atoms with Crippen LogP contribution in [0.15, 0.2) is 36.4 Å². The lowest BCUT2D eigenvalue weighted by molar-refractivity contribution is 0.286. The van der Waals surface area contributed by atoms with Crippen LogP contribution in [0.3, 0.4) is 0 Å². The Labute approximate surface area is 176 Å². The van der Waals surface area contributed by atoms with Crippen molar-refractivity contribution in [3.8, 4) is 0 Å². The highest BCUT2D eigenvalue weighted by Crippen LogP contribution is 2.11. The van der Waals surface area contributed by atoms with Gasteiger partial charge in [-0.2, -0.15) is 0 Å². The molecule has 0 atom stereocenters. The van der Waals surface area contributed by atoms with E-state index in [0.29, 0.717) is 0 Å². The van der Waals surface area contributed by atoms with Gasteiger partial charge in [-0.15, -0.1) is 0 Å². The average Bonchev–Trinajstić information content (AvgIpc) is 2.72. The summed E-state index contributed by atoms with van der Waals surface area (Å²) in [5.41, 5.74) is 1.31. The quantitative estimate of drug-likeness (QED) is 0.216. The Morgan fingerprint density at radius 1 is 0.607 bits per heavy atom. The molecule has 0 aliphatic carbocycles. The van der Waals surface area contributed by atoms with Gasteiger partial charge in [0.25, 0.3) is 0 Å². The molecule has 0 amide bonds. The van der Waals surface area contributed by atoms with E-state index in [1.165, 1.54) is 109 Å². The molecule has 0 N–H and O–H groups in total. The van der Waals surface area contributed by atoms with Crippen molar-refractivity contribution in [1.82, 2.24) is 4.90 Å². The predicted octanol–water partition coefficient (Wildman–Crippen LogP) is 8.50. The van der Waals surface area contributed by atoms with Crippen LogP contribution in [0, 0.1) is 0 Å². The van der Waals surface area contributed by atoms with Crippen LogP contribution < -0.4 is 0 Å². The van der Waals surface area contributed by atoms with E-state index in [9.17, 15) is 0 Å². The van der Waals surface area contributed by atoms with E-state index in [4.69, 9.17) is 0 Å². The second-order valence-electron chi connectivity index (χ2n) is 8.36. The van der Waals surface area contributed by atoms with Crippen LogP contribution in [-0.2, 0) is 0 Å². The average molecular weight is 386 g/mol. The molecule has 0 aliphatic rings. The van der Waals surface area contributed by atoms with E-state index < -0.39 is 0 Å². The summed E-state index contributed by atoms with van der Waals surface area (Å²) in [4.78, 5) is 2.68. The zero-order valence-electron chi connectivity index (χ0n) is 19.0. The molecule has 1 aromatic rings. The van der Waals surface area contributed by atoms with Gasteiger partial charge in [0, 0.05) is 6.54 Å². The van der Waals surface area contributed by atoms with Crippen LogP contribution in [-0.4, -0.2) is 24.5 Å². The molecule has 1 heteroatoms. The fourth-order valence-electron chi connectivity index (χ4n) is 3.78. The summed E-state index contributed by atoms with van der Waals surface area (Å²) in [7, 11) is 0. The molecule has 1 nitrogen and oxygen atoms in total. The Balaban J connectivity index is 2.25. The van der Waals surface area contributed by atoms with Crippen molar-refractivity contribution >= 4 is 6.08 Å². The van der Waals surface area contributed by atoms with Crippen LogP contribution in [0.4, 0.5) is 0 Å². The molecule has 0 heterocycles. The van der Waals surface area contributed by atoms with E-state index in [-0.39, 0.29) is 0 Å². The van der Waals surface area contributed by atoms with Crippen molar-refractivity contribution in [2.24, 2.45) is 0 Å². The highest BCUT2D eigenvalue weighted by Gasteiger charge is 2.03. The number of unbranched alkanes of at least 4 members (excludes halogenated alkanes) is 12. The minimum Gasteiger partial charge on any atom is -0.300 e. The molecule has 0 aromatic heterocycles. The maximum Gasteiger partial charge on any atom is 0.0166 e. The van der Waals surface area contributed by atoms with Crippen LogP contribution in [0.25, 0.3) is 6.08 Å². The standard InChI is InChI=1S/C27H47N/c1-3-5-7-9-11-13-18-24-28(25-19-14-12-10-8-6-4-2)26-20-23-27-21-16-15-17-22-27/h15-17,20-23H,3-14,18-19,24-26H2,1-2H3. The van der Waals surface area contributed by atoms with E-state index in [1.54, 1.807) is 0 Å². The van der Waals surface area contributed by atoms with Crippen molar-refractivity contribution in [1.29, 1.82) is 0 Å². The number of benzene rings is 1. The Bertz CT molecular complexity index is 433. The van der Waals surface area contributed by atoms with E-state index in [2.05, 4.69) is 61.2 Å². The van der Waals surface area contributed by atoms with Crippen LogP contribution in [0.2, 0.25) is 0 Å². The van der Waals surface area contributed by atoms with Crippen molar-refractivity contribution in [3.05, 3.63) is 42.0 Å². The number of hydrogen-bond donors (Lipinski definition) is 0. The second-order valence-corrected chi connectivity index (χ2v) is 8.36. The molecule has 0 bridgehead atoms. The molecule has 0 radical (unpaired) electrons. The van der Waals surface area contributed by atoms with E-state index in [1.807, 2.05) is 0 Å². The maximum absolute atomic E-state index is 2.68. The summed E-state index contributed by atoms with van der Waals surface area (Å²) in [6.45, 7) is 8.22. The molecule has 0 fully saturated rings. The van der Waals surface area contributed by atoms with Gasteiger partial charge in [0.05, 0.1) is 0 Å². The van der Waals surface area contributed by atoms with E-state index >= 15 is 0 Å². The van der Waals surface area contributed by atoms with Crippen LogP contribution in [0.1, 0.15) is 109 Å². The molecular weight excluding hydrogens is 338 g/mol. The molecule has 1 aromatic carbocycles. The summed E-state index contributed by atoms with van der Waals surface area (Å²) >= 11 is 0. The first-order valence-electron chi connectivity index (χ1n) is 12.3. The van der Waals surface area contributed by atoms with Crippen molar-refractivity contribution in [2.45, 2.75) is 104 Å². The molecule has 160 valence electrons. The zero-order valence-corrected chi connectivity index (χ0v) is 19.0. The predicted molar refractivity (Wildman–Crippen MR) is 128 cm³/mol. The Hall–Kier alpha value is -1.08. The van der Waals surface area contributed by atoms with Crippen molar-refractivity contribution in [3.63, 3.8) is 0 Å². The van der Waals surface area contributed by atoms with Crippen molar-refractivity contribution < 1.29 is 0 Å². The lowest BCUT2D eigenvalue weighted by Gasteiger charge is -2.20. The van der Waals surface area contributed by atoms with Gasteiger partial charge in [-0.25, -0.2) is 0 Å². The normalized spacial score (nSPS) is 11.7. The largest absolute Gasteiger partial charge is 0.300 e. The first-order valence-corrected chi connectivity index (χ1v) is 12.3. The van der Waals surface area contributed by atoms with E-state index in [0.717, 1.165) is 6.54 Å². The van der Waals surface area contributed by atoms with Gasteiger partial charge in [0.2, 0.25) is 0 Å². The topological polar surface area (TPSA) is 3.24 Å². The summed E-state index contributed by atoms with van der Waals surface area (Å²) in [5.74, 6) is 0. The van der Waals surface area contributed by atoms with Gasteiger partial charge in [0.1, 0.15) is 0 Å². The minimum atomic E-state index is 1.10. The number of rotatable bonds is 19. The summed E-state index contributed by atoms with van der Waals surface area (Å²) in [6, 6.07) is 10.7. The van der Waals surface area contributed by atoms with Gasteiger partial charge < -0.3 is 0 Å². The van der Waals surface area contributed by atoms with Crippen LogP contribution in [0.5, 0.6) is 0 Å². The smallest absolute Gasteiger partial charge is 0.0166 e. The molecule has 0 spiro atoms. The molecule has 28 heavy (non-hydrogen) atoms. The fraction of sp³-hybridized carbons (Fsp3) is 0.704. The number of hydrogen-bond acceptors (Lipinski definition) is 1. The Morgan fingerprint density at radius 3 is 1.57 bits per heavy atom. The fourth-order valence-corrected chi connectivity index (χ4v) is 3.78. The summed E-state index contributed by atoms with van der Waals surface area (Å²) in [6.07, 6.45) is 24.2. The maximum atomic E-state index is 2.68. The van der Waals surface area contributed by atoms with Gasteiger partial charge in [-0.05, 0) is 31.5 Å². The van der Waals surface area contributed by atoms with Gasteiger partial charge in [-0.3, -0.25) is 4.90 Å². The molecule has 1 rings (SSSR count).